The van der Waals surface area contributed by atoms with Gasteiger partial charge in [-0.3, -0.25) is 0 Å². The molecule has 1 aliphatic carbocycles. The minimum Gasteiger partial charge on any atom is -0.391 e. The number of hydrogen-bond donors (Lipinski definition) is 1. The summed E-state index contributed by atoms with van der Waals surface area (Å²) in [6.07, 6.45) is 4.56. The predicted molar refractivity (Wildman–Crippen MR) is 55.7 cm³/mol. The van der Waals surface area contributed by atoms with Gasteiger partial charge in [0.25, 0.3) is 0 Å². The summed E-state index contributed by atoms with van der Waals surface area (Å²) in [6.45, 7) is 5.45. The summed E-state index contributed by atoms with van der Waals surface area (Å²) in [4.78, 5) is 2.28. The van der Waals surface area contributed by atoms with Gasteiger partial charge in [-0.25, -0.2) is 0 Å². The SMILES string of the molecule is CCC1CCC(O)C(N(C)CC)C1. The maximum absolute atomic E-state index is 9.84. The molecule has 0 heterocycles. The number of nitrogens with zero attached hydrogens (tertiary/aromatic N) is 1. The van der Waals surface area contributed by atoms with Gasteiger partial charge >= 0.3 is 0 Å². The molecule has 0 spiro atoms. The van der Waals surface area contributed by atoms with Gasteiger partial charge in [-0.1, -0.05) is 20.3 Å². The number of aliphatic hydroxyl groups excluding tert-OH is 1. The van der Waals surface area contributed by atoms with Crippen LogP contribution in [0, 0.1) is 5.92 Å². The normalized spacial score (nSPS) is 35.3. The lowest BCUT2D eigenvalue weighted by molar-refractivity contribution is 0.0158. The van der Waals surface area contributed by atoms with Crippen molar-refractivity contribution >= 4 is 0 Å². The van der Waals surface area contributed by atoms with Crippen molar-refractivity contribution in [1.29, 1.82) is 0 Å². The highest BCUT2D eigenvalue weighted by Gasteiger charge is 2.30. The minimum absolute atomic E-state index is 0.0900. The highest BCUT2D eigenvalue weighted by molar-refractivity contribution is 4.84. The highest BCUT2D eigenvalue weighted by Crippen LogP contribution is 2.29. The largest absolute Gasteiger partial charge is 0.391 e. The van der Waals surface area contributed by atoms with Crippen LogP contribution in [0.4, 0.5) is 0 Å². The maximum Gasteiger partial charge on any atom is 0.0695 e. The number of aliphatic hydroxyl groups is 1. The smallest absolute Gasteiger partial charge is 0.0695 e. The molecule has 0 saturated heterocycles. The first-order valence-electron chi connectivity index (χ1n) is 5.57. The molecule has 2 heteroatoms. The minimum atomic E-state index is -0.0900. The van der Waals surface area contributed by atoms with Crippen LogP contribution in [0.3, 0.4) is 0 Å². The van der Waals surface area contributed by atoms with Crippen LogP contribution in [-0.2, 0) is 0 Å². The Bertz CT molecular complexity index is 145. The molecule has 0 radical (unpaired) electrons. The summed E-state index contributed by atoms with van der Waals surface area (Å²) in [7, 11) is 2.12. The molecule has 0 aromatic heterocycles. The molecule has 3 unspecified atom stereocenters. The molecule has 0 aromatic rings. The van der Waals surface area contributed by atoms with E-state index in [2.05, 4.69) is 25.8 Å². The zero-order chi connectivity index (χ0) is 9.84. The molecule has 0 aromatic carbocycles. The van der Waals surface area contributed by atoms with E-state index in [4.69, 9.17) is 0 Å². The van der Waals surface area contributed by atoms with E-state index in [0.29, 0.717) is 6.04 Å². The van der Waals surface area contributed by atoms with Gasteiger partial charge in [-0.15, -0.1) is 0 Å². The number of rotatable bonds is 3. The third-order valence-electron chi connectivity index (χ3n) is 3.53. The fourth-order valence-electron chi connectivity index (χ4n) is 2.29. The van der Waals surface area contributed by atoms with E-state index in [-0.39, 0.29) is 6.10 Å². The first-order valence-corrected chi connectivity index (χ1v) is 5.57. The second-order valence-electron chi connectivity index (χ2n) is 4.30. The van der Waals surface area contributed by atoms with Gasteiger partial charge in [-0.2, -0.15) is 0 Å². The van der Waals surface area contributed by atoms with Crippen LogP contribution in [-0.4, -0.2) is 35.7 Å². The Kier molecular flexibility index (Phi) is 4.20. The van der Waals surface area contributed by atoms with Gasteiger partial charge in [0.2, 0.25) is 0 Å². The molecule has 2 nitrogen and oxygen atoms in total. The van der Waals surface area contributed by atoms with Gasteiger partial charge in [0.15, 0.2) is 0 Å². The van der Waals surface area contributed by atoms with Crippen molar-refractivity contribution in [1.82, 2.24) is 4.90 Å². The lowest BCUT2D eigenvalue weighted by Gasteiger charge is -2.38. The molecule has 13 heavy (non-hydrogen) atoms. The molecule has 1 aliphatic rings. The molecule has 1 rings (SSSR count). The fourth-order valence-corrected chi connectivity index (χ4v) is 2.29. The third-order valence-corrected chi connectivity index (χ3v) is 3.53. The Morgan fingerprint density at radius 3 is 2.54 bits per heavy atom. The second kappa shape index (κ2) is 4.97. The molecule has 3 atom stereocenters. The Morgan fingerprint density at radius 1 is 1.31 bits per heavy atom. The molecule has 1 saturated carbocycles. The maximum atomic E-state index is 9.84. The van der Waals surface area contributed by atoms with Gasteiger partial charge in [0.05, 0.1) is 6.10 Å². The van der Waals surface area contributed by atoms with Crippen LogP contribution in [0.15, 0.2) is 0 Å². The van der Waals surface area contributed by atoms with E-state index < -0.39 is 0 Å². The lowest BCUT2D eigenvalue weighted by atomic mass is 9.82. The van der Waals surface area contributed by atoms with Crippen molar-refractivity contribution in [3.8, 4) is 0 Å². The zero-order valence-electron chi connectivity index (χ0n) is 9.16. The molecule has 0 bridgehead atoms. The van der Waals surface area contributed by atoms with Crippen LogP contribution in [0.5, 0.6) is 0 Å². The van der Waals surface area contributed by atoms with E-state index in [9.17, 15) is 5.11 Å². The zero-order valence-corrected chi connectivity index (χ0v) is 9.16. The molecular formula is C11H23NO. The molecule has 1 fully saturated rings. The predicted octanol–water partition coefficient (Wildman–Crippen LogP) is 1.88. The topological polar surface area (TPSA) is 23.5 Å². The van der Waals surface area contributed by atoms with E-state index in [1.165, 1.54) is 19.3 Å². The van der Waals surface area contributed by atoms with Crippen molar-refractivity contribution in [2.24, 2.45) is 5.92 Å². The molecule has 1 N–H and O–H groups in total. The van der Waals surface area contributed by atoms with Gasteiger partial charge < -0.3 is 10.0 Å². The summed E-state index contributed by atoms with van der Waals surface area (Å²) in [5.74, 6) is 0.836. The summed E-state index contributed by atoms with van der Waals surface area (Å²) >= 11 is 0. The van der Waals surface area contributed by atoms with Crippen LogP contribution in [0.1, 0.15) is 39.5 Å². The van der Waals surface area contributed by atoms with Crippen molar-refractivity contribution in [2.75, 3.05) is 13.6 Å². The summed E-state index contributed by atoms with van der Waals surface area (Å²) in [6, 6.07) is 0.406. The third kappa shape index (κ3) is 2.68. The fraction of sp³-hybridized carbons (Fsp3) is 1.00. The van der Waals surface area contributed by atoms with Crippen molar-refractivity contribution in [3.63, 3.8) is 0 Å². The van der Waals surface area contributed by atoms with Crippen molar-refractivity contribution < 1.29 is 5.11 Å². The molecule has 0 aliphatic heterocycles. The Morgan fingerprint density at radius 2 is 2.00 bits per heavy atom. The molecule has 0 amide bonds. The monoisotopic (exact) mass is 185 g/mol. The van der Waals surface area contributed by atoms with Crippen LogP contribution >= 0.6 is 0 Å². The van der Waals surface area contributed by atoms with Crippen LogP contribution in [0.25, 0.3) is 0 Å². The lowest BCUT2D eigenvalue weighted by Crippen LogP contribution is -2.45. The summed E-state index contributed by atoms with van der Waals surface area (Å²) < 4.78 is 0. The molecular weight excluding hydrogens is 162 g/mol. The first kappa shape index (κ1) is 11.0. The van der Waals surface area contributed by atoms with Gasteiger partial charge in [0.1, 0.15) is 0 Å². The first-order chi connectivity index (χ1) is 6.19. The average Bonchev–Trinajstić information content (AvgIpc) is 2.17. The standard InChI is InChI=1S/C11H23NO/c1-4-9-6-7-11(13)10(8-9)12(3)5-2/h9-11,13H,4-8H2,1-3H3. The summed E-state index contributed by atoms with van der Waals surface area (Å²) in [5, 5.41) is 9.84. The Labute approximate surface area is 81.9 Å². The average molecular weight is 185 g/mol. The van der Waals surface area contributed by atoms with E-state index >= 15 is 0 Å². The van der Waals surface area contributed by atoms with Crippen LogP contribution < -0.4 is 0 Å². The summed E-state index contributed by atoms with van der Waals surface area (Å²) in [5.41, 5.74) is 0. The number of hydrogen-bond acceptors (Lipinski definition) is 2. The van der Waals surface area contributed by atoms with E-state index in [0.717, 1.165) is 18.9 Å². The van der Waals surface area contributed by atoms with Crippen molar-refractivity contribution in [2.45, 2.75) is 51.7 Å². The van der Waals surface area contributed by atoms with Crippen molar-refractivity contribution in [3.05, 3.63) is 0 Å². The van der Waals surface area contributed by atoms with Gasteiger partial charge in [0, 0.05) is 6.04 Å². The van der Waals surface area contributed by atoms with E-state index in [1.54, 1.807) is 0 Å². The Hall–Kier alpha value is -0.0800. The van der Waals surface area contributed by atoms with Crippen LogP contribution in [0.2, 0.25) is 0 Å². The number of likely N-dealkylation sites (N-methyl/N-ethyl adjacent to an activating group) is 1. The molecule has 78 valence electrons. The second-order valence-corrected chi connectivity index (χ2v) is 4.30. The van der Waals surface area contributed by atoms with E-state index in [1.807, 2.05) is 0 Å². The Balaban J connectivity index is 2.49. The quantitative estimate of drug-likeness (QED) is 0.725. The van der Waals surface area contributed by atoms with Gasteiger partial charge in [-0.05, 0) is 38.8 Å². The highest BCUT2D eigenvalue weighted by atomic mass is 16.3.